The average Bonchev–Trinajstić information content (AvgIpc) is 2.40. The summed E-state index contributed by atoms with van der Waals surface area (Å²) in [5, 5.41) is 10.5. The van der Waals surface area contributed by atoms with Gasteiger partial charge in [-0.1, -0.05) is 37.9 Å². The molecule has 0 saturated heterocycles. The van der Waals surface area contributed by atoms with E-state index in [-0.39, 0.29) is 0 Å². The van der Waals surface area contributed by atoms with Gasteiger partial charge in [-0.3, -0.25) is 0 Å². The molecule has 19 heavy (non-hydrogen) atoms. The molecule has 0 saturated carbocycles. The summed E-state index contributed by atoms with van der Waals surface area (Å²) in [4.78, 5) is 0. The number of rotatable bonds is 3. The second kappa shape index (κ2) is 6.39. The molecule has 2 aromatic rings. The molecular formula is C14H11Br3O2. The molecule has 5 heteroatoms. The van der Waals surface area contributed by atoms with Gasteiger partial charge >= 0.3 is 0 Å². The molecule has 0 heterocycles. The van der Waals surface area contributed by atoms with Crippen molar-refractivity contribution >= 4 is 47.8 Å². The molecule has 0 aliphatic rings. The van der Waals surface area contributed by atoms with E-state index < -0.39 is 6.10 Å². The molecular weight excluding hydrogens is 440 g/mol. The number of benzene rings is 2. The number of hydrogen-bond donors (Lipinski definition) is 1. The first-order chi connectivity index (χ1) is 9.02. The van der Waals surface area contributed by atoms with Gasteiger partial charge in [0.2, 0.25) is 0 Å². The van der Waals surface area contributed by atoms with Gasteiger partial charge in [-0.15, -0.1) is 0 Å². The maximum Gasteiger partial charge on any atom is 0.133 e. The van der Waals surface area contributed by atoms with Crippen LogP contribution in [0.25, 0.3) is 0 Å². The van der Waals surface area contributed by atoms with Gasteiger partial charge in [-0.05, 0) is 51.8 Å². The van der Waals surface area contributed by atoms with Crippen molar-refractivity contribution in [3.05, 3.63) is 60.9 Å². The van der Waals surface area contributed by atoms with Crippen molar-refractivity contribution in [3.8, 4) is 5.75 Å². The van der Waals surface area contributed by atoms with Crippen LogP contribution in [-0.2, 0) is 0 Å². The van der Waals surface area contributed by atoms with Crippen LogP contribution in [0, 0.1) is 0 Å². The lowest BCUT2D eigenvalue weighted by molar-refractivity contribution is 0.219. The predicted molar refractivity (Wildman–Crippen MR) is 86.6 cm³/mol. The van der Waals surface area contributed by atoms with Crippen molar-refractivity contribution in [1.29, 1.82) is 0 Å². The van der Waals surface area contributed by atoms with E-state index in [9.17, 15) is 5.11 Å². The van der Waals surface area contributed by atoms with Crippen LogP contribution >= 0.6 is 47.8 Å². The lowest BCUT2D eigenvalue weighted by atomic mass is 10.0. The molecule has 1 atom stereocenters. The second-order valence-corrected chi connectivity index (χ2v) is 6.59. The zero-order chi connectivity index (χ0) is 14.0. The molecule has 0 aliphatic carbocycles. The lowest BCUT2D eigenvalue weighted by Gasteiger charge is -2.15. The Morgan fingerprint density at radius 2 is 1.74 bits per heavy atom. The van der Waals surface area contributed by atoms with Crippen LogP contribution in [-0.4, -0.2) is 12.2 Å². The molecule has 0 aromatic heterocycles. The summed E-state index contributed by atoms with van der Waals surface area (Å²) in [5.74, 6) is 0.740. The highest BCUT2D eigenvalue weighted by Gasteiger charge is 2.15. The van der Waals surface area contributed by atoms with E-state index in [0.717, 1.165) is 30.3 Å². The van der Waals surface area contributed by atoms with Crippen LogP contribution in [0.5, 0.6) is 5.75 Å². The number of aliphatic hydroxyl groups excluding tert-OH is 1. The fraction of sp³-hybridized carbons (Fsp3) is 0.143. The Morgan fingerprint density at radius 1 is 1.00 bits per heavy atom. The molecule has 1 N–H and O–H groups in total. The standard InChI is InChI=1S/C14H11Br3O2/c1-19-13-5-2-8(6-12(13)17)14(18)10-7-9(15)3-4-11(10)16/h2-7,14,18H,1H3. The van der Waals surface area contributed by atoms with E-state index in [1.54, 1.807) is 7.11 Å². The minimum atomic E-state index is -0.700. The molecule has 0 amide bonds. The van der Waals surface area contributed by atoms with Gasteiger partial charge in [-0.25, -0.2) is 0 Å². The van der Waals surface area contributed by atoms with Crippen LogP contribution in [0.15, 0.2) is 49.8 Å². The molecule has 0 radical (unpaired) electrons. The summed E-state index contributed by atoms with van der Waals surface area (Å²) in [5.41, 5.74) is 1.61. The van der Waals surface area contributed by atoms with Crippen molar-refractivity contribution in [2.24, 2.45) is 0 Å². The highest BCUT2D eigenvalue weighted by Crippen LogP contribution is 2.34. The predicted octanol–water partition coefficient (Wildman–Crippen LogP) is 5.06. The van der Waals surface area contributed by atoms with Crippen molar-refractivity contribution < 1.29 is 9.84 Å². The quantitative estimate of drug-likeness (QED) is 0.708. The molecule has 1 unspecified atom stereocenters. The van der Waals surface area contributed by atoms with Crippen LogP contribution in [0.3, 0.4) is 0 Å². The van der Waals surface area contributed by atoms with Gasteiger partial charge in [-0.2, -0.15) is 0 Å². The molecule has 2 nitrogen and oxygen atoms in total. The SMILES string of the molecule is COc1ccc(C(O)c2cc(Br)ccc2Br)cc1Br. The Balaban J connectivity index is 2.41. The van der Waals surface area contributed by atoms with Gasteiger partial charge in [0.15, 0.2) is 0 Å². The van der Waals surface area contributed by atoms with Gasteiger partial charge < -0.3 is 9.84 Å². The van der Waals surface area contributed by atoms with E-state index in [1.165, 1.54) is 0 Å². The number of methoxy groups -OCH3 is 1. The number of aliphatic hydroxyl groups is 1. The summed E-state index contributed by atoms with van der Waals surface area (Å²) in [7, 11) is 1.61. The second-order valence-electron chi connectivity index (χ2n) is 3.96. The molecule has 2 rings (SSSR count). The van der Waals surface area contributed by atoms with Crippen molar-refractivity contribution in [1.82, 2.24) is 0 Å². The van der Waals surface area contributed by atoms with Crippen LogP contribution in [0.4, 0.5) is 0 Å². The van der Waals surface area contributed by atoms with E-state index in [0.29, 0.717) is 0 Å². The van der Waals surface area contributed by atoms with Crippen LogP contribution in [0.2, 0.25) is 0 Å². The first-order valence-corrected chi connectivity index (χ1v) is 7.87. The monoisotopic (exact) mass is 448 g/mol. The molecule has 2 aromatic carbocycles. The van der Waals surface area contributed by atoms with E-state index >= 15 is 0 Å². The van der Waals surface area contributed by atoms with Gasteiger partial charge in [0.1, 0.15) is 11.9 Å². The summed E-state index contributed by atoms with van der Waals surface area (Å²) in [6.07, 6.45) is -0.700. The summed E-state index contributed by atoms with van der Waals surface area (Å²) < 4.78 is 7.80. The Hall–Kier alpha value is -0.360. The summed E-state index contributed by atoms with van der Waals surface area (Å²) >= 11 is 10.3. The fourth-order valence-electron chi connectivity index (χ4n) is 1.76. The smallest absolute Gasteiger partial charge is 0.133 e. The van der Waals surface area contributed by atoms with Gasteiger partial charge in [0.05, 0.1) is 11.6 Å². The Labute approximate surface area is 137 Å². The first kappa shape index (κ1) is 15.0. The minimum Gasteiger partial charge on any atom is -0.496 e. The first-order valence-electron chi connectivity index (χ1n) is 5.49. The lowest BCUT2D eigenvalue weighted by Crippen LogP contribution is -2.01. The maximum absolute atomic E-state index is 10.5. The zero-order valence-corrected chi connectivity index (χ0v) is 14.8. The van der Waals surface area contributed by atoms with Gasteiger partial charge in [0.25, 0.3) is 0 Å². The Kier molecular flexibility index (Phi) is 5.06. The maximum atomic E-state index is 10.5. The van der Waals surface area contributed by atoms with Crippen LogP contribution in [0.1, 0.15) is 17.2 Å². The molecule has 0 aliphatic heterocycles. The third-order valence-electron chi connectivity index (χ3n) is 2.74. The Bertz CT molecular complexity index is 599. The molecule has 0 spiro atoms. The Morgan fingerprint density at radius 3 is 2.37 bits per heavy atom. The molecule has 0 fully saturated rings. The number of halogens is 3. The average molecular weight is 451 g/mol. The summed E-state index contributed by atoms with van der Waals surface area (Å²) in [6, 6.07) is 11.3. The van der Waals surface area contributed by atoms with E-state index in [2.05, 4.69) is 47.8 Å². The van der Waals surface area contributed by atoms with Crippen molar-refractivity contribution in [2.75, 3.05) is 7.11 Å². The third kappa shape index (κ3) is 3.40. The van der Waals surface area contributed by atoms with Crippen LogP contribution < -0.4 is 4.74 Å². The highest BCUT2D eigenvalue weighted by molar-refractivity contribution is 9.11. The van der Waals surface area contributed by atoms with Crippen molar-refractivity contribution in [2.45, 2.75) is 6.10 Å². The topological polar surface area (TPSA) is 29.5 Å². The summed E-state index contributed by atoms with van der Waals surface area (Å²) in [6.45, 7) is 0. The molecule has 100 valence electrons. The highest BCUT2D eigenvalue weighted by atomic mass is 79.9. The zero-order valence-electron chi connectivity index (χ0n) is 10.0. The number of ether oxygens (including phenoxy) is 1. The third-order valence-corrected chi connectivity index (χ3v) is 4.58. The fourth-order valence-corrected chi connectivity index (χ4v) is 3.16. The normalized spacial score (nSPS) is 12.3. The van der Waals surface area contributed by atoms with E-state index in [4.69, 9.17) is 4.74 Å². The van der Waals surface area contributed by atoms with Crippen molar-refractivity contribution in [3.63, 3.8) is 0 Å². The molecule has 0 bridgehead atoms. The van der Waals surface area contributed by atoms with E-state index in [1.807, 2.05) is 36.4 Å². The largest absolute Gasteiger partial charge is 0.496 e. The van der Waals surface area contributed by atoms with Gasteiger partial charge in [0, 0.05) is 14.5 Å². The number of hydrogen-bond acceptors (Lipinski definition) is 2. The minimum absolute atomic E-state index is 0.700.